The van der Waals surface area contributed by atoms with Crippen molar-refractivity contribution < 1.29 is 17.9 Å². The molecule has 0 aliphatic rings. The molecule has 106 valence electrons. The Morgan fingerprint density at radius 2 is 1.85 bits per heavy atom. The van der Waals surface area contributed by atoms with E-state index in [-0.39, 0.29) is 12.3 Å². The predicted octanol–water partition coefficient (Wildman–Crippen LogP) is 4.72. The number of hydrogen-bond donors (Lipinski definition) is 1. The third kappa shape index (κ3) is 3.52. The number of alkyl halides is 3. The molecule has 0 saturated heterocycles. The van der Waals surface area contributed by atoms with Gasteiger partial charge < -0.3 is 10.5 Å². The van der Waals surface area contributed by atoms with Crippen LogP contribution in [0.2, 0.25) is 0 Å². The second-order valence-corrected chi connectivity index (χ2v) is 5.01. The molecule has 20 heavy (non-hydrogen) atoms. The van der Waals surface area contributed by atoms with Crippen LogP contribution in [-0.4, -0.2) is 0 Å². The van der Waals surface area contributed by atoms with Crippen LogP contribution < -0.4 is 10.5 Å². The minimum absolute atomic E-state index is 0.0419. The molecule has 0 atom stereocenters. The zero-order valence-corrected chi connectivity index (χ0v) is 11.8. The summed E-state index contributed by atoms with van der Waals surface area (Å²) in [5, 5.41) is 0. The van der Waals surface area contributed by atoms with Crippen molar-refractivity contribution in [3.8, 4) is 11.5 Å². The third-order valence-electron chi connectivity index (χ3n) is 2.61. The van der Waals surface area contributed by atoms with Gasteiger partial charge in [-0.2, -0.15) is 13.2 Å². The minimum atomic E-state index is -4.49. The Balaban J connectivity index is 2.41. The van der Waals surface area contributed by atoms with Gasteiger partial charge in [0.15, 0.2) is 0 Å². The van der Waals surface area contributed by atoms with Gasteiger partial charge in [-0.3, -0.25) is 0 Å². The largest absolute Gasteiger partial charge is 0.457 e. The van der Waals surface area contributed by atoms with Gasteiger partial charge in [0.2, 0.25) is 0 Å². The van der Waals surface area contributed by atoms with Crippen molar-refractivity contribution >= 4 is 15.9 Å². The van der Waals surface area contributed by atoms with Gasteiger partial charge in [-0.1, -0.05) is 28.1 Å². The van der Waals surface area contributed by atoms with Gasteiger partial charge in [0.1, 0.15) is 11.5 Å². The summed E-state index contributed by atoms with van der Waals surface area (Å²) in [6.45, 7) is 0.0419. The maximum atomic E-state index is 13.0. The lowest BCUT2D eigenvalue weighted by molar-refractivity contribution is -0.138. The summed E-state index contributed by atoms with van der Waals surface area (Å²) < 4.78 is 45.1. The van der Waals surface area contributed by atoms with Gasteiger partial charge in [0.25, 0.3) is 0 Å². The molecule has 0 unspecified atom stereocenters. The van der Waals surface area contributed by atoms with Crippen LogP contribution in [0.25, 0.3) is 0 Å². The van der Waals surface area contributed by atoms with Gasteiger partial charge in [0.05, 0.1) is 5.56 Å². The molecule has 2 aromatic carbocycles. The lowest BCUT2D eigenvalue weighted by Gasteiger charge is -2.15. The molecule has 0 radical (unpaired) electrons. The van der Waals surface area contributed by atoms with Crippen LogP contribution in [0.4, 0.5) is 13.2 Å². The number of ether oxygens (including phenoxy) is 1. The van der Waals surface area contributed by atoms with E-state index < -0.39 is 11.7 Å². The van der Waals surface area contributed by atoms with Gasteiger partial charge in [-0.25, -0.2) is 0 Å². The van der Waals surface area contributed by atoms with E-state index >= 15 is 0 Å². The predicted molar refractivity (Wildman–Crippen MR) is 73.6 cm³/mol. The van der Waals surface area contributed by atoms with E-state index in [1.165, 1.54) is 12.1 Å². The molecule has 0 fully saturated rings. The van der Waals surface area contributed by atoms with Crippen LogP contribution in [0, 0.1) is 0 Å². The quantitative estimate of drug-likeness (QED) is 0.873. The van der Waals surface area contributed by atoms with Gasteiger partial charge in [0, 0.05) is 11.0 Å². The topological polar surface area (TPSA) is 35.2 Å². The number of nitrogens with two attached hydrogens (primary N) is 1. The van der Waals surface area contributed by atoms with Crippen LogP contribution in [0.5, 0.6) is 11.5 Å². The fraction of sp³-hybridized carbons (Fsp3) is 0.143. The summed E-state index contributed by atoms with van der Waals surface area (Å²) in [5.41, 5.74) is 4.94. The van der Waals surface area contributed by atoms with Crippen molar-refractivity contribution in [1.82, 2.24) is 0 Å². The Labute approximate surface area is 122 Å². The molecule has 0 spiro atoms. The van der Waals surface area contributed by atoms with Crippen LogP contribution >= 0.6 is 15.9 Å². The summed E-state index contributed by atoms with van der Waals surface area (Å²) >= 11 is 3.24. The van der Waals surface area contributed by atoms with Crippen molar-refractivity contribution in [2.45, 2.75) is 12.7 Å². The molecular formula is C14H11BrF3NO. The SMILES string of the molecule is NCc1ccc(Oc2cccc(Br)c2)c(C(F)(F)F)c1. The van der Waals surface area contributed by atoms with Gasteiger partial charge in [-0.05, 0) is 35.9 Å². The molecule has 0 saturated carbocycles. The minimum Gasteiger partial charge on any atom is -0.457 e. The summed E-state index contributed by atoms with van der Waals surface area (Å²) in [6.07, 6.45) is -4.49. The lowest BCUT2D eigenvalue weighted by Crippen LogP contribution is -2.09. The zero-order valence-electron chi connectivity index (χ0n) is 10.2. The van der Waals surface area contributed by atoms with E-state index in [1.807, 2.05) is 0 Å². The highest BCUT2D eigenvalue weighted by Crippen LogP contribution is 2.39. The summed E-state index contributed by atoms with van der Waals surface area (Å²) in [6, 6.07) is 10.4. The van der Waals surface area contributed by atoms with E-state index in [1.54, 1.807) is 24.3 Å². The molecule has 2 rings (SSSR count). The molecule has 0 amide bonds. The molecule has 0 aliphatic carbocycles. The van der Waals surface area contributed by atoms with E-state index in [9.17, 15) is 13.2 Å². The van der Waals surface area contributed by atoms with Crippen molar-refractivity contribution in [2.75, 3.05) is 0 Å². The van der Waals surface area contributed by atoms with E-state index in [2.05, 4.69) is 15.9 Å². The first-order chi connectivity index (χ1) is 9.40. The zero-order chi connectivity index (χ0) is 14.8. The first-order valence-electron chi connectivity index (χ1n) is 5.74. The normalized spacial score (nSPS) is 11.4. The van der Waals surface area contributed by atoms with E-state index in [0.29, 0.717) is 11.3 Å². The van der Waals surface area contributed by atoms with Gasteiger partial charge in [-0.15, -0.1) is 0 Å². The van der Waals surface area contributed by atoms with Crippen LogP contribution in [0.3, 0.4) is 0 Å². The first kappa shape index (κ1) is 14.9. The van der Waals surface area contributed by atoms with Crippen molar-refractivity contribution in [3.05, 3.63) is 58.1 Å². The molecule has 2 N–H and O–H groups in total. The molecule has 0 aromatic heterocycles. The average molecular weight is 346 g/mol. The fourth-order valence-corrected chi connectivity index (χ4v) is 2.05. The summed E-state index contributed by atoms with van der Waals surface area (Å²) in [5.74, 6) is 0.0816. The third-order valence-corrected chi connectivity index (χ3v) is 3.10. The monoisotopic (exact) mass is 345 g/mol. The van der Waals surface area contributed by atoms with Crippen LogP contribution in [0.1, 0.15) is 11.1 Å². The molecule has 2 aromatic rings. The number of halogens is 4. The molecular weight excluding hydrogens is 335 g/mol. The average Bonchev–Trinajstić information content (AvgIpc) is 2.38. The van der Waals surface area contributed by atoms with Crippen molar-refractivity contribution in [1.29, 1.82) is 0 Å². The highest BCUT2D eigenvalue weighted by Gasteiger charge is 2.34. The Bertz CT molecular complexity index is 614. The second kappa shape index (κ2) is 5.85. The van der Waals surface area contributed by atoms with E-state index in [0.717, 1.165) is 10.5 Å². The smallest absolute Gasteiger partial charge is 0.419 e. The van der Waals surface area contributed by atoms with Crippen LogP contribution in [0.15, 0.2) is 46.9 Å². The Morgan fingerprint density at radius 1 is 1.10 bits per heavy atom. The number of benzene rings is 2. The van der Waals surface area contributed by atoms with Crippen molar-refractivity contribution in [3.63, 3.8) is 0 Å². The standard InChI is InChI=1S/C14H11BrF3NO/c15-10-2-1-3-11(7-10)20-13-5-4-9(8-19)6-12(13)14(16,17)18/h1-7H,8,19H2. The molecule has 0 aliphatic heterocycles. The number of hydrogen-bond acceptors (Lipinski definition) is 2. The Kier molecular flexibility index (Phi) is 4.35. The first-order valence-corrected chi connectivity index (χ1v) is 6.53. The summed E-state index contributed by atoms with van der Waals surface area (Å²) in [7, 11) is 0. The Morgan fingerprint density at radius 3 is 2.45 bits per heavy atom. The molecule has 0 bridgehead atoms. The highest BCUT2D eigenvalue weighted by atomic mass is 79.9. The highest BCUT2D eigenvalue weighted by molar-refractivity contribution is 9.10. The fourth-order valence-electron chi connectivity index (χ4n) is 1.67. The molecule has 0 heterocycles. The lowest BCUT2D eigenvalue weighted by atomic mass is 10.1. The molecule has 2 nitrogen and oxygen atoms in total. The van der Waals surface area contributed by atoms with Gasteiger partial charge >= 0.3 is 6.18 Å². The van der Waals surface area contributed by atoms with Crippen molar-refractivity contribution in [2.24, 2.45) is 5.73 Å². The Hall–Kier alpha value is -1.53. The maximum absolute atomic E-state index is 13.0. The van der Waals surface area contributed by atoms with Crippen LogP contribution in [-0.2, 0) is 12.7 Å². The maximum Gasteiger partial charge on any atom is 0.419 e. The van der Waals surface area contributed by atoms with E-state index in [4.69, 9.17) is 10.5 Å². The number of rotatable bonds is 3. The molecule has 6 heteroatoms. The summed E-state index contributed by atoms with van der Waals surface area (Å²) in [4.78, 5) is 0. The second-order valence-electron chi connectivity index (χ2n) is 4.09.